The molecule has 3 aromatic rings. The number of hydrogen-bond donors (Lipinski definition) is 5. The summed E-state index contributed by atoms with van der Waals surface area (Å²) in [6, 6.07) is 12.5. The number of pyridine rings is 1. The van der Waals surface area contributed by atoms with Gasteiger partial charge in [-0.15, -0.1) is 6.04 Å². The minimum absolute atomic E-state index is 0. The number of aliphatic hydroxyl groups is 1. The average molecular weight is 924 g/mol. The Balaban J connectivity index is 0.000000445. The molecule has 15 heteroatoms. The van der Waals surface area contributed by atoms with Crippen LogP contribution in [0.4, 0.5) is 11.4 Å². The number of aldehydes is 1. The SMILES string of the molecule is CCC1c2c(cnn2C2CN(Cc3cccc(C=O)n3)C2)-c2cccc(N/C(C=[C-]N)=C(/N)C(=O)NC3CC3)c2N1C.CN1CCCC1.CO.[NH-]C1CC1.[W+2]. The predicted octanol–water partition coefficient (Wildman–Crippen LogP) is 4.37. The zero-order valence-corrected chi connectivity index (χ0v) is 35.4. The molecule has 296 valence electrons. The number of aliphatic hydroxyl groups excluding tert-OH is 1. The number of likely N-dealkylation sites (tertiary alicyclic amines) is 2. The summed E-state index contributed by atoms with van der Waals surface area (Å²) in [7, 11) is 5.27. The van der Waals surface area contributed by atoms with Crippen molar-refractivity contribution in [2.75, 3.05) is 57.6 Å². The molecule has 0 bridgehead atoms. The van der Waals surface area contributed by atoms with Gasteiger partial charge in [0.05, 0.1) is 35.4 Å². The third-order valence-electron chi connectivity index (χ3n) is 10.2. The third kappa shape index (κ3) is 11.3. The normalized spacial score (nSPS) is 19.4. The molecule has 14 nitrogen and oxygen atoms in total. The van der Waals surface area contributed by atoms with Gasteiger partial charge in [0.15, 0.2) is 6.29 Å². The van der Waals surface area contributed by atoms with Crippen LogP contribution in [0.25, 0.3) is 16.9 Å². The number of rotatable bonds is 10. The van der Waals surface area contributed by atoms with Crippen LogP contribution in [-0.2, 0) is 32.4 Å². The van der Waals surface area contributed by atoms with Gasteiger partial charge < -0.3 is 42.7 Å². The molecule has 1 aromatic carbocycles. The number of nitrogens with zero attached hydrogens (tertiary/aromatic N) is 6. The molecule has 2 saturated heterocycles. The first kappa shape index (κ1) is 43.7. The monoisotopic (exact) mass is 923 g/mol. The summed E-state index contributed by atoms with van der Waals surface area (Å²) in [4.78, 5) is 35.2. The van der Waals surface area contributed by atoms with Crippen LogP contribution < -0.4 is 27.0 Å². The molecule has 1 unspecified atom stereocenters. The molecule has 5 aliphatic rings. The van der Waals surface area contributed by atoms with Crippen LogP contribution in [0.3, 0.4) is 0 Å². The molecule has 55 heavy (non-hydrogen) atoms. The minimum atomic E-state index is -0.318. The van der Waals surface area contributed by atoms with Crippen molar-refractivity contribution in [3.8, 4) is 11.1 Å². The van der Waals surface area contributed by atoms with Gasteiger partial charge in [-0.1, -0.05) is 43.7 Å². The fourth-order valence-electron chi connectivity index (χ4n) is 6.94. The summed E-state index contributed by atoms with van der Waals surface area (Å²) < 4.78 is 2.19. The van der Waals surface area contributed by atoms with Crippen LogP contribution in [0.1, 0.15) is 85.8 Å². The number of anilines is 2. The number of para-hydroxylation sites is 1. The molecule has 0 spiro atoms. The number of nitrogens with one attached hydrogen (secondary N) is 3. The number of hydrogen-bond acceptors (Lipinski definition) is 11. The standard InChI is InChI=1S/C31H36N9O2.C5H11N.C3H6N.CH4O.W/c1-3-27-30-24(14-34-40(30)22-16-39(17-22)15-20-6-4-7-21(18-41)35-20)23-8-5-9-26(29(23)38(27)2)37-25(12-13-32)28(33)31(42)36-19-10-11-19;1-6-4-2-3-5-6;4-3-1-2-3;1-2;/h4-9,12,14,18-19,22,27,37H,3,10-11,15-17,32-33H2,1-2H3,(H,36,42);2-5H2,1H3;3-4H,1-2H2;2H,1H3;/q-1;;-1;;+2/b28-25+;;;;. The van der Waals surface area contributed by atoms with Crippen molar-refractivity contribution in [1.29, 1.82) is 0 Å². The van der Waals surface area contributed by atoms with Crippen molar-refractivity contribution in [3.63, 3.8) is 0 Å². The zero-order valence-electron chi connectivity index (χ0n) is 32.5. The number of aromatic nitrogens is 3. The van der Waals surface area contributed by atoms with E-state index >= 15 is 0 Å². The van der Waals surface area contributed by atoms with Crippen LogP contribution >= 0.6 is 0 Å². The number of benzene rings is 1. The first-order valence-corrected chi connectivity index (χ1v) is 19.0. The molecule has 4 fully saturated rings. The van der Waals surface area contributed by atoms with Crippen LogP contribution in [0, 0.1) is 6.20 Å². The maximum atomic E-state index is 12.7. The molecular formula is C40H57N11O3W. The number of carbonyl (C=O) groups is 2. The summed E-state index contributed by atoms with van der Waals surface area (Å²) in [5.41, 5.74) is 25.6. The van der Waals surface area contributed by atoms with Gasteiger partial charge in [0, 0.05) is 62.3 Å². The Kier molecular flexibility index (Phi) is 16.5. The van der Waals surface area contributed by atoms with Crippen molar-refractivity contribution in [2.24, 2.45) is 11.5 Å². The van der Waals surface area contributed by atoms with Crippen LogP contribution in [0.15, 0.2) is 60.1 Å². The fraction of sp³-hybridized carbons (Fsp3) is 0.500. The second-order valence-electron chi connectivity index (χ2n) is 14.4. The number of amides is 1. The van der Waals surface area contributed by atoms with Crippen LogP contribution in [-0.4, -0.2) is 101 Å². The Hall–Kier alpha value is -4.07. The summed E-state index contributed by atoms with van der Waals surface area (Å²) >= 11 is 0. The van der Waals surface area contributed by atoms with Crippen LogP contribution in [0.2, 0.25) is 0 Å². The second-order valence-corrected chi connectivity index (χ2v) is 14.4. The molecule has 2 saturated carbocycles. The molecular weight excluding hydrogens is 866 g/mol. The summed E-state index contributed by atoms with van der Waals surface area (Å²) in [6.07, 6.45) is 14.7. The molecule has 1 atom stereocenters. The van der Waals surface area contributed by atoms with E-state index in [0.29, 0.717) is 24.0 Å². The van der Waals surface area contributed by atoms with E-state index in [-0.39, 0.29) is 50.8 Å². The Morgan fingerprint density at radius 1 is 1.05 bits per heavy atom. The molecule has 0 radical (unpaired) electrons. The number of fused-ring (bicyclic) bond motifs is 3. The van der Waals surface area contributed by atoms with E-state index in [1.165, 1.54) is 37.7 Å². The Morgan fingerprint density at radius 2 is 1.73 bits per heavy atom. The van der Waals surface area contributed by atoms with E-state index in [1.54, 1.807) is 6.07 Å². The Morgan fingerprint density at radius 3 is 2.29 bits per heavy atom. The van der Waals surface area contributed by atoms with Crippen molar-refractivity contribution in [1.82, 2.24) is 29.9 Å². The molecule has 3 aliphatic heterocycles. The summed E-state index contributed by atoms with van der Waals surface area (Å²) in [6.45, 7) is 7.23. The smallest absolute Gasteiger partial charge is 0.675 e. The van der Waals surface area contributed by atoms with Gasteiger partial charge in [-0.3, -0.25) is 19.2 Å². The van der Waals surface area contributed by atoms with E-state index in [2.05, 4.69) is 68.3 Å². The van der Waals surface area contributed by atoms with Crippen molar-refractivity contribution in [2.45, 2.75) is 82.6 Å². The first-order valence-electron chi connectivity index (χ1n) is 19.0. The predicted molar refractivity (Wildman–Crippen MR) is 213 cm³/mol. The fourth-order valence-corrected chi connectivity index (χ4v) is 6.94. The maximum absolute atomic E-state index is 12.7. The Labute approximate surface area is 339 Å². The first-order chi connectivity index (χ1) is 26.2. The largest absolute Gasteiger partial charge is 2.00 e. The second kappa shape index (κ2) is 20.7. The van der Waals surface area contributed by atoms with Gasteiger partial charge in [-0.25, -0.2) is 4.98 Å². The van der Waals surface area contributed by atoms with Crippen molar-refractivity contribution >= 4 is 23.6 Å². The number of carbonyl (C=O) groups excluding carboxylic acids is 2. The minimum Gasteiger partial charge on any atom is -0.675 e. The molecule has 8 N–H and O–H groups in total. The Bertz CT molecular complexity index is 1780. The quantitative estimate of drug-likeness (QED) is 0.0638. The molecule has 2 aromatic heterocycles. The summed E-state index contributed by atoms with van der Waals surface area (Å²) in [5, 5.41) is 18.2. The van der Waals surface area contributed by atoms with Crippen LogP contribution in [0.5, 0.6) is 0 Å². The van der Waals surface area contributed by atoms with Gasteiger partial charge in [-0.05, 0) is 70.4 Å². The molecule has 8 rings (SSSR count). The van der Waals surface area contributed by atoms with E-state index in [0.717, 1.165) is 86.8 Å². The van der Waals surface area contributed by atoms with Crippen molar-refractivity contribution in [3.05, 3.63) is 89.1 Å². The molecule has 5 heterocycles. The molecule has 1 amide bonds. The van der Waals surface area contributed by atoms with Crippen molar-refractivity contribution < 1.29 is 35.8 Å². The topological polar surface area (TPSA) is 195 Å². The maximum Gasteiger partial charge on any atom is 2.00 e. The van der Waals surface area contributed by atoms with Gasteiger partial charge in [0.1, 0.15) is 5.69 Å². The van der Waals surface area contributed by atoms with Gasteiger partial charge >= 0.3 is 21.1 Å². The number of allylic oxidation sites excluding steroid dienone is 1. The van der Waals surface area contributed by atoms with E-state index in [4.69, 9.17) is 27.4 Å². The van der Waals surface area contributed by atoms with Gasteiger partial charge in [0.2, 0.25) is 0 Å². The van der Waals surface area contributed by atoms with E-state index < -0.39 is 0 Å². The van der Waals surface area contributed by atoms with Gasteiger partial charge in [-0.2, -0.15) is 17.4 Å². The average Bonchev–Trinajstić information content (AvgIpc) is 4.07. The van der Waals surface area contributed by atoms with E-state index in [1.807, 2.05) is 30.5 Å². The zero-order chi connectivity index (χ0) is 38.8. The van der Waals surface area contributed by atoms with E-state index in [9.17, 15) is 9.59 Å². The number of nitrogens with two attached hydrogens (primary N) is 2. The van der Waals surface area contributed by atoms with Gasteiger partial charge in [0.25, 0.3) is 5.91 Å². The summed E-state index contributed by atoms with van der Waals surface area (Å²) in [5.74, 6) is -0.318. The molecule has 2 aliphatic carbocycles. The third-order valence-corrected chi connectivity index (χ3v) is 10.2.